The molecule has 0 spiro atoms. The van der Waals surface area contributed by atoms with Crippen molar-refractivity contribution in [1.29, 1.82) is 0 Å². The number of halogens is 2. The molecule has 6 nitrogen and oxygen atoms in total. The Bertz CT molecular complexity index is 800. The second kappa shape index (κ2) is 8.22. The molecular formula is C17H15BrClNO5. The number of methoxy groups -OCH3 is 3. The molecule has 1 aliphatic rings. The van der Waals surface area contributed by atoms with Gasteiger partial charge in [-0.2, -0.15) is 0 Å². The SMILES string of the molecule is COC(=O)C1=C(C(=O)OC)N(c2cc(Cl)cc(Br)c2OC)C=CC=C1. The first-order chi connectivity index (χ1) is 11.9. The second-order valence-corrected chi connectivity index (χ2v) is 6.05. The van der Waals surface area contributed by atoms with Gasteiger partial charge in [-0.1, -0.05) is 17.7 Å². The Morgan fingerprint density at radius 3 is 2.36 bits per heavy atom. The normalized spacial score (nSPS) is 13.6. The predicted octanol–water partition coefficient (Wildman–Crippen LogP) is 3.60. The highest BCUT2D eigenvalue weighted by atomic mass is 79.9. The molecule has 0 aliphatic carbocycles. The Morgan fingerprint density at radius 1 is 1.08 bits per heavy atom. The molecule has 0 fully saturated rings. The van der Waals surface area contributed by atoms with Crippen LogP contribution in [-0.2, 0) is 19.1 Å². The molecule has 0 saturated heterocycles. The summed E-state index contributed by atoms with van der Waals surface area (Å²) in [6, 6.07) is 3.27. The zero-order chi connectivity index (χ0) is 18.6. The summed E-state index contributed by atoms with van der Waals surface area (Å²) in [5.74, 6) is -0.957. The highest BCUT2D eigenvalue weighted by Crippen LogP contribution is 2.41. The van der Waals surface area contributed by atoms with E-state index in [0.29, 0.717) is 20.9 Å². The number of hydrogen-bond acceptors (Lipinski definition) is 6. The van der Waals surface area contributed by atoms with Crippen molar-refractivity contribution >= 4 is 45.2 Å². The molecule has 0 aromatic heterocycles. The van der Waals surface area contributed by atoms with E-state index in [-0.39, 0.29) is 11.3 Å². The summed E-state index contributed by atoms with van der Waals surface area (Å²) in [5, 5.41) is 0.414. The van der Waals surface area contributed by atoms with Crippen molar-refractivity contribution in [3.8, 4) is 5.75 Å². The third-order valence-electron chi connectivity index (χ3n) is 3.34. The lowest BCUT2D eigenvalue weighted by Crippen LogP contribution is -2.27. The van der Waals surface area contributed by atoms with Crippen molar-refractivity contribution in [3.63, 3.8) is 0 Å². The van der Waals surface area contributed by atoms with Crippen molar-refractivity contribution in [2.75, 3.05) is 26.2 Å². The minimum atomic E-state index is -0.713. The molecule has 0 atom stereocenters. The fourth-order valence-electron chi connectivity index (χ4n) is 2.28. The molecule has 1 aromatic rings. The van der Waals surface area contributed by atoms with Gasteiger partial charge in [-0.15, -0.1) is 0 Å². The van der Waals surface area contributed by atoms with Gasteiger partial charge in [-0.05, 0) is 40.2 Å². The highest BCUT2D eigenvalue weighted by molar-refractivity contribution is 9.10. The number of carbonyl (C=O) groups is 2. The van der Waals surface area contributed by atoms with E-state index in [1.807, 2.05) is 0 Å². The largest absolute Gasteiger partial charge is 0.493 e. The minimum Gasteiger partial charge on any atom is -0.493 e. The highest BCUT2D eigenvalue weighted by Gasteiger charge is 2.29. The van der Waals surface area contributed by atoms with Crippen LogP contribution < -0.4 is 9.64 Å². The molecule has 8 heteroatoms. The number of nitrogens with zero attached hydrogens (tertiary/aromatic N) is 1. The summed E-state index contributed by atoms with van der Waals surface area (Å²) < 4.78 is 15.6. The van der Waals surface area contributed by atoms with Crippen molar-refractivity contribution in [1.82, 2.24) is 0 Å². The molecule has 1 heterocycles. The molecule has 132 valence electrons. The Morgan fingerprint density at radius 2 is 1.76 bits per heavy atom. The smallest absolute Gasteiger partial charge is 0.355 e. The van der Waals surface area contributed by atoms with Crippen molar-refractivity contribution in [3.05, 3.63) is 57.3 Å². The van der Waals surface area contributed by atoms with Gasteiger partial charge >= 0.3 is 11.9 Å². The zero-order valence-electron chi connectivity index (χ0n) is 13.7. The van der Waals surface area contributed by atoms with E-state index < -0.39 is 11.9 Å². The third-order valence-corrected chi connectivity index (χ3v) is 4.15. The first-order valence-corrected chi connectivity index (χ1v) is 8.19. The fraction of sp³-hybridized carbons (Fsp3) is 0.176. The maximum Gasteiger partial charge on any atom is 0.355 e. The number of carbonyl (C=O) groups excluding carboxylic acids is 2. The van der Waals surface area contributed by atoms with E-state index in [1.165, 1.54) is 32.3 Å². The molecule has 2 rings (SSSR count). The number of rotatable bonds is 4. The standard InChI is InChI=1S/C17H15BrClNO5/c1-23-15-12(18)8-10(19)9-13(15)20-7-5-4-6-11(16(21)24-2)14(20)17(22)25-3/h4-9H,1-3H3. The van der Waals surface area contributed by atoms with E-state index in [0.717, 1.165) is 0 Å². The van der Waals surface area contributed by atoms with Crippen LogP contribution in [0, 0.1) is 0 Å². The van der Waals surface area contributed by atoms with E-state index in [9.17, 15) is 9.59 Å². The van der Waals surface area contributed by atoms with Gasteiger partial charge in [0.15, 0.2) is 5.75 Å². The molecule has 0 radical (unpaired) electrons. The summed E-state index contributed by atoms with van der Waals surface area (Å²) in [7, 11) is 3.95. The summed E-state index contributed by atoms with van der Waals surface area (Å²) in [4.78, 5) is 26.0. The van der Waals surface area contributed by atoms with E-state index in [2.05, 4.69) is 15.9 Å². The fourth-order valence-corrected chi connectivity index (χ4v) is 3.23. The molecule has 1 aliphatic heterocycles. The lowest BCUT2D eigenvalue weighted by molar-refractivity contribution is -0.139. The second-order valence-electron chi connectivity index (χ2n) is 4.76. The predicted molar refractivity (Wildman–Crippen MR) is 97.5 cm³/mol. The number of benzene rings is 1. The molecular weight excluding hydrogens is 414 g/mol. The van der Waals surface area contributed by atoms with Gasteiger partial charge in [0.1, 0.15) is 5.70 Å². The maximum absolute atomic E-state index is 12.4. The minimum absolute atomic E-state index is 0.0215. The molecule has 0 saturated carbocycles. The van der Waals surface area contributed by atoms with Crippen LogP contribution in [0.3, 0.4) is 0 Å². The Labute approximate surface area is 158 Å². The average Bonchev–Trinajstić information content (AvgIpc) is 2.82. The quantitative estimate of drug-likeness (QED) is 0.683. The van der Waals surface area contributed by atoms with E-state index in [4.69, 9.17) is 25.8 Å². The van der Waals surface area contributed by atoms with Crippen molar-refractivity contribution in [2.45, 2.75) is 0 Å². The summed E-state index contributed by atoms with van der Waals surface area (Å²) >= 11 is 9.53. The van der Waals surface area contributed by atoms with Gasteiger partial charge in [0.05, 0.1) is 37.1 Å². The van der Waals surface area contributed by atoms with Crippen LogP contribution in [0.5, 0.6) is 5.75 Å². The molecule has 1 aromatic carbocycles. The molecule has 25 heavy (non-hydrogen) atoms. The summed E-state index contributed by atoms with van der Waals surface area (Å²) in [6.07, 6.45) is 6.34. The lowest BCUT2D eigenvalue weighted by atomic mass is 10.1. The van der Waals surface area contributed by atoms with Gasteiger partial charge in [0.2, 0.25) is 0 Å². The van der Waals surface area contributed by atoms with Crippen molar-refractivity contribution in [2.24, 2.45) is 0 Å². The molecule has 0 unspecified atom stereocenters. The van der Waals surface area contributed by atoms with Gasteiger partial charge in [-0.25, -0.2) is 9.59 Å². The first kappa shape index (κ1) is 19.1. The van der Waals surface area contributed by atoms with E-state index >= 15 is 0 Å². The maximum atomic E-state index is 12.4. The van der Waals surface area contributed by atoms with Gasteiger partial charge < -0.3 is 19.1 Å². The Kier molecular flexibility index (Phi) is 6.27. The Balaban J connectivity index is 2.78. The molecule has 0 amide bonds. The van der Waals surface area contributed by atoms with Crippen LogP contribution in [0.4, 0.5) is 5.69 Å². The summed E-state index contributed by atoms with van der Waals surface area (Å²) in [6.45, 7) is 0. The van der Waals surface area contributed by atoms with Gasteiger partial charge in [0.25, 0.3) is 0 Å². The van der Waals surface area contributed by atoms with Crippen molar-refractivity contribution < 1.29 is 23.8 Å². The topological polar surface area (TPSA) is 65.1 Å². The third kappa shape index (κ3) is 3.88. The average molecular weight is 429 g/mol. The van der Waals surface area contributed by atoms with Crippen LogP contribution >= 0.6 is 27.5 Å². The van der Waals surface area contributed by atoms with Crippen LogP contribution in [-0.4, -0.2) is 33.3 Å². The number of hydrogen-bond donors (Lipinski definition) is 0. The summed E-state index contributed by atoms with van der Waals surface area (Å²) in [5.41, 5.74) is 0.466. The molecule has 0 N–H and O–H groups in total. The number of esters is 2. The van der Waals surface area contributed by atoms with Crippen LogP contribution in [0.1, 0.15) is 0 Å². The first-order valence-electron chi connectivity index (χ1n) is 7.02. The number of ether oxygens (including phenoxy) is 3. The van der Waals surface area contributed by atoms with Crippen LogP contribution in [0.15, 0.2) is 52.3 Å². The lowest BCUT2D eigenvalue weighted by Gasteiger charge is -2.25. The zero-order valence-corrected chi connectivity index (χ0v) is 16.1. The Hall–Kier alpha value is -2.25. The monoisotopic (exact) mass is 427 g/mol. The van der Waals surface area contributed by atoms with E-state index in [1.54, 1.807) is 30.5 Å². The van der Waals surface area contributed by atoms with Crippen LogP contribution in [0.2, 0.25) is 5.02 Å². The number of allylic oxidation sites excluding steroid dienone is 2. The van der Waals surface area contributed by atoms with Gasteiger partial charge in [0, 0.05) is 11.2 Å². The van der Waals surface area contributed by atoms with Crippen LogP contribution in [0.25, 0.3) is 0 Å². The molecule has 0 bridgehead atoms. The number of anilines is 1. The van der Waals surface area contributed by atoms with Gasteiger partial charge in [-0.3, -0.25) is 0 Å².